The maximum absolute atomic E-state index is 14.4. The van der Waals surface area contributed by atoms with E-state index in [2.05, 4.69) is 224 Å². The number of pyridine rings is 3. The SMILES string of the molecule is CCN1c2ccccc2C2(c3ccccc3-c3cc(CC(C)n4c5ccccc5c(=O)c5ccc(C(C)C)[n+](-c6ccccc6)c54)ccc32)c2ccc(C(C)C)[n+](-c3ccccc3)c21. The highest BCUT2D eigenvalue weighted by molar-refractivity contribution is 5.93. The third-order valence-corrected chi connectivity index (χ3v) is 14.0. The summed E-state index contributed by atoms with van der Waals surface area (Å²) in [4.78, 5) is 17.0. The van der Waals surface area contributed by atoms with E-state index in [4.69, 9.17) is 0 Å². The minimum Gasteiger partial charge on any atom is -0.288 e. The number of rotatable bonds is 8. The molecule has 314 valence electrons. The monoisotopic (exact) mass is 834 g/mol. The minimum atomic E-state index is -0.542. The molecule has 3 aromatic heterocycles. The number of nitrogens with zero attached hydrogens (tertiary/aromatic N) is 4. The molecule has 0 bridgehead atoms. The molecule has 11 rings (SSSR count). The van der Waals surface area contributed by atoms with Crippen LogP contribution in [0.25, 0.3) is 44.4 Å². The summed E-state index contributed by atoms with van der Waals surface area (Å²) in [6.07, 6.45) is 0.771. The van der Waals surface area contributed by atoms with Crippen LogP contribution in [0.15, 0.2) is 181 Å². The topological polar surface area (TPSA) is 33.0 Å². The van der Waals surface area contributed by atoms with Crippen molar-refractivity contribution in [2.24, 2.45) is 0 Å². The Hall–Kier alpha value is -7.11. The van der Waals surface area contributed by atoms with Gasteiger partial charge in [-0.05, 0) is 108 Å². The first kappa shape index (κ1) is 39.7. The fourth-order valence-electron chi connectivity index (χ4n) is 11.4. The van der Waals surface area contributed by atoms with Gasteiger partial charge in [0.1, 0.15) is 45.4 Å². The van der Waals surface area contributed by atoms with Gasteiger partial charge < -0.3 is 0 Å². The normalized spacial score (nSPS) is 15.5. The van der Waals surface area contributed by atoms with Crippen LogP contribution in [0.1, 0.15) is 98.6 Å². The van der Waals surface area contributed by atoms with Crippen molar-refractivity contribution in [1.82, 2.24) is 4.57 Å². The van der Waals surface area contributed by atoms with E-state index in [1.54, 1.807) is 0 Å². The van der Waals surface area contributed by atoms with E-state index in [1.165, 1.54) is 61.8 Å². The molecule has 0 amide bonds. The van der Waals surface area contributed by atoms with Crippen molar-refractivity contribution in [3.63, 3.8) is 0 Å². The summed E-state index contributed by atoms with van der Waals surface area (Å²) < 4.78 is 7.30. The van der Waals surface area contributed by atoms with E-state index in [9.17, 15) is 4.79 Å². The number of anilines is 2. The third-order valence-electron chi connectivity index (χ3n) is 14.0. The van der Waals surface area contributed by atoms with Crippen LogP contribution in [0.2, 0.25) is 0 Å². The fourth-order valence-corrected chi connectivity index (χ4v) is 11.4. The van der Waals surface area contributed by atoms with Crippen molar-refractivity contribution >= 4 is 33.4 Å². The molecule has 64 heavy (non-hydrogen) atoms. The number of hydrogen-bond acceptors (Lipinski definition) is 2. The molecule has 9 aromatic rings. The summed E-state index contributed by atoms with van der Waals surface area (Å²) in [6, 6.07) is 64.1. The van der Waals surface area contributed by atoms with E-state index in [1.807, 2.05) is 12.1 Å². The minimum absolute atomic E-state index is 0.00237. The second-order valence-electron chi connectivity index (χ2n) is 18.3. The maximum Gasteiger partial charge on any atom is 0.298 e. The van der Waals surface area contributed by atoms with Crippen LogP contribution in [0, 0.1) is 0 Å². The highest BCUT2D eigenvalue weighted by Crippen LogP contribution is 2.62. The van der Waals surface area contributed by atoms with Crippen LogP contribution in [-0.2, 0) is 11.8 Å². The summed E-state index contributed by atoms with van der Waals surface area (Å²) >= 11 is 0. The van der Waals surface area contributed by atoms with E-state index >= 15 is 0 Å². The lowest BCUT2D eigenvalue weighted by Crippen LogP contribution is -2.49. The summed E-state index contributed by atoms with van der Waals surface area (Å²) in [5.41, 5.74) is 16.4. The summed E-state index contributed by atoms with van der Waals surface area (Å²) in [7, 11) is 0. The van der Waals surface area contributed by atoms with Crippen molar-refractivity contribution in [1.29, 1.82) is 0 Å². The zero-order chi connectivity index (χ0) is 43.9. The van der Waals surface area contributed by atoms with Gasteiger partial charge in [0.2, 0.25) is 5.43 Å². The number of para-hydroxylation sites is 4. The van der Waals surface area contributed by atoms with Gasteiger partial charge in [-0.2, -0.15) is 9.13 Å². The van der Waals surface area contributed by atoms with E-state index in [0.29, 0.717) is 5.92 Å². The molecule has 6 aromatic carbocycles. The lowest BCUT2D eigenvalue weighted by atomic mass is 9.65. The number of hydrogen-bond donors (Lipinski definition) is 0. The van der Waals surface area contributed by atoms with Gasteiger partial charge >= 0.3 is 0 Å². The molecule has 2 atom stereocenters. The lowest BCUT2D eigenvalue weighted by molar-refractivity contribution is -0.593. The van der Waals surface area contributed by atoms with Crippen molar-refractivity contribution in [2.45, 2.75) is 71.3 Å². The molecule has 5 heteroatoms. The van der Waals surface area contributed by atoms with Gasteiger partial charge in [-0.1, -0.05) is 137 Å². The van der Waals surface area contributed by atoms with Crippen molar-refractivity contribution in [3.8, 4) is 22.5 Å². The molecule has 0 radical (unpaired) electrons. The Morgan fingerprint density at radius 3 is 1.83 bits per heavy atom. The maximum atomic E-state index is 14.4. The fraction of sp³-hybridized carbons (Fsp3) is 0.203. The van der Waals surface area contributed by atoms with Crippen LogP contribution < -0.4 is 19.5 Å². The Morgan fingerprint density at radius 2 is 1.11 bits per heavy atom. The first-order chi connectivity index (χ1) is 31.2. The highest BCUT2D eigenvalue weighted by atomic mass is 16.1. The molecule has 0 fully saturated rings. The molecule has 0 saturated heterocycles. The number of benzene rings is 6. The molecule has 2 aliphatic rings. The smallest absolute Gasteiger partial charge is 0.288 e. The van der Waals surface area contributed by atoms with Gasteiger partial charge in [0.05, 0.1) is 22.9 Å². The third kappa shape index (κ3) is 5.72. The first-order valence-electron chi connectivity index (χ1n) is 23.1. The van der Waals surface area contributed by atoms with Crippen LogP contribution >= 0.6 is 0 Å². The molecule has 1 spiro atoms. The van der Waals surface area contributed by atoms with Gasteiger partial charge in [0.15, 0.2) is 0 Å². The van der Waals surface area contributed by atoms with Gasteiger partial charge in [-0.15, -0.1) is 0 Å². The zero-order valence-corrected chi connectivity index (χ0v) is 37.6. The highest BCUT2D eigenvalue weighted by Gasteiger charge is 2.55. The molecule has 1 aliphatic carbocycles. The zero-order valence-electron chi connectivity index (χ0n) is 37.6. The Morgan fingerprint density at radius 1 is 0.531 bits per heavy atom. The Balaban J connectivity index is 1.14. The molecule has 5 nitrogen and oxygen atoms in total. The molecule has 1 aliphatic heterocycles. The quantitative estimate of drug-likeness (QED) is 0.113. The Labute approximate surface area is 376 Å². The van der Waals surface area contributed by atoms with Crippen molar-refractivity contribution < 1.29 is 9.13 Å². The summed E-state index contributed by atoms with van der Waals surface area (Å²) in [5, 5.41) is 1.47. The first-order valence-corrected chi connectivity index (χ1v) is 23.1. The molecule has 2 unspecified atom stereocenters. The average molecular weight is 835 g/mol. The number of aromatic nitrogens is 3. The second-order valence-corrected chi connectivity index (χ2v) is 18.3. The van der Waals surface area contributed by atoms with E-state index in [-0.39, 0.29) is 17.4 Å². The van der Waals surface area contributed by atoms with Gasteiger partial charge in [0, 0.05) is 23.8 Å². The van der Waals surface area contributed by atoms with E-state index < -0.39 is 5.41 Å². The molecular weight excluding hydrogens is 781 g/mol. The summed E-state index contributed by atoms with van der Waals surface area (Å²) in [6.45, 7) is 14.5. The van der Waals surface area contributed by atoms with Crippen LogP contribution in [-0.4, -0.2) is 11.1 Å². The standard InChI is InChI=1S/C59H54N4O/c1-7-60-55-29-19-17-27-50(55)59(51-33-35-53(39(4)5)63(58(51)60)43-22-12-9-13-23-43)48-26-16-14-24-44(48)47-37-41(30-32-49(47)59)36-40(6)61-54-28-18-15-25-45(54)56(64)46-31-34-52(38(2)3)62(57(46)61)42-20-10-8-11-21-42/h8-35,37-40H,7,36H2,1-6H3/q+2. The van der Waals surface area contributed by atoms with Gasteiger partial charge in [-0.3, -0.25) is 4.79 Å². The molecule has 0 saturated carbocycles. The van der Waals surface area contributed by atoms with Crippen LogP contribution in [0.5, 0.6) is 0 Å². The summed E-state index contributed by atoms with van der Waals surface area (Å²) in [5.74, 6) is 1.77. The van der Waals surface area contributed by atoms with Crippen molar-refractivity contribution in [2.75, 3.05) is 11.4 Å². The molecular formula is C59H54N4O+2. The van der Waals surface area contributed by atoms with E-state index in [0.717, 1.165) is 46.3 Å². The Bertz CT molecular complexity index is 3350. The largest absolute Gasteiger partial charge is 0.298 e. The average Bonchev–Trinajstić information content (AvgIpc) is 3.61. The second kappa shape index (κ2) is 15.3. The Kier molecular flexibility index (Phi) is 9.50. The van der Waals surface area contributed by atoms with Crippen LogP contribution in [0.3, 0.4) is 0 Å². The predicted octanol–water partition coefficient (Wildman–Crippen LogP) is 12.6. The van der Waals surface area contributed by atoms with Gasteiger partial charge in [-0.25, -0.2) is 9.47 Å². The lowest BCUT2D eigenvalue weighted by Gasteiger charge is -2.41. The van der Waals surface area contributed by atoms with Crippen LogP contribution in [0.4, 0.5) is 11.5 Å². The molecule has 0 N–H and O–H groups in total. The number of fused-ring (bicyclic) bond motifs is 11. The van der Waals surface area contributed by atoms with Crippen molar-refractivity contribution in [3.05, 3.63) is 225 Å². The molecule has 4 heterocycles. The predicted molar refractivity (Wildman–Crippen MR) is 262 cm³/mol. The van der Waals surface area contributed by atoms with Gasteiger partial charge in [0.25, 0.3) is 11.5 Å².